The summed E-state index contributed by atoms with van der Waals surface area (Å²) in [4.78, 5) is 2.56. The fourth-order valence-corrected chi connectivity index (χ4v) is 3.15. The van der Waals surface area contributed by atoms with Crippen molar-refractivity contribution in [2.75, 3.05) is 26.2 Å². The molecule has 2 N–H and O–H groups in total. The third kappa shape index (κ3) is 7.28. The predicted molar refractivity (Wildman–Crippen MR) is 82.4 cm³/mol. The van der Waals surface area contributed by atoms with Crippen LogP contribution in [0.4, 0.5) is 0 Å². The van der Waals surface area contributed by atoms with Gasteiger partial charge in [0, 0.05) is 19.1 Å². The number of piperidine rings is 1. The molecule has 0 aromatic rings. The third-order valence-electron chi connectivity index (χ3n) is 3.83. The molecule has 114 valence electrons. The summed E-state index contributed by atoms with van der Waals surface area (Å²) in [5.74, 6) is 1.31. The second-order valence-electron chi connectivity index (χ2n) is 7.44. The highest BCUT2D eigenvalue weighted by Crippen LogP contribution is 2.17. The Labute approximate surface area is 119 Å². The van der Waals surface area contributed by atoms with Gasteiger partial charge in [-0.2, -0.15) is 0 Å². The van der Waals surface area contributed by atoms with Gasteiger partial charge in [-0.25, -0.2) is 0 Å². The first-order valence-corrected chi connectivity index (χ1v) is 7.96. The molecule has 3 heteroatoms. The van der Waals surface area contributed by atoms with Crippen molar-refractivity contribution in [2.24, 2.45) is 11.8 Å². The average molecular weight is 270 g/mol. The van der Waals surface area contributed by atoms with Crippen molar-refractivity contribution >= 4 is 0 Å². The normalized spacial score (nSPS) is 22.1. The summed E-state index contributed by atoms with van der Waals surface area (Å²) in [6.45, 7) is 15.2. The van der Waals surface area contributed by atoms with E-state index in [4.69, 9.17) is 0 Å². The van der Waals surface area contributed by atoms with E-state index in [1.807, 2.05) is 6.92 Å². The second kappa shape index (κ2) is 7.61. The number of likely N-dealkylation sites (tertiary alicyclic amines) is 1. The minimum Gasteiger partial charge on any atom is -0.389 e. The van der Waals surface area contributed by atoms with Crippen molar-refractivity contribution in [3.8, 4) is 0 Å². The molecule has 1 unspecified atom stereocenters. The average Bonchev–Trinajstić information content (AvgIpc) is 2.25. The maximum Gasteiger partial charge on any atom is 0.0746 e. The van der Waals surface area contributed by atoms with E-state index >= 15 is 0 Å². The summed E-state index contributed by atoms with van der Waals surface area (Å²) in [5.41, 5.74) is -0.566. The maximum absolute atomic E-state index is 10.3. The van der Waals surface area contributed by atoms with Gasteiger partial charge in [0.15, 0.2) is 0 Å². The molecule has 0 radical (unpaired) electrons. The second-order valence-corrected chi connectivity index (χ2v) is 7.44. The topological polar surface area (TPSA) is 35.5 Å². The van der Waals surface area contributed by atoms with Crippen molar-refractivity contribution in [1.29, 1.82) is 0 Å². The van der Waals surface area contributed by atoms with Crippen LogP contribution in [0, 0.1) is 11.8 Å². The van der Waals surface area contributed by atoms with Gasteiger partial charge >= 0.3 is 0 Å². The molecule has 0 aromatic carbocycles. The predicted octanol–water partition coefficient (Wildman–Crippen LogP) is 2.49. The van der Waals surface area contributed by atoms with Crippen LogP contribution in [-0.2, 0) is 0 Å². The Kier molecular flexibility index (Phi) is 6.78. The van der Waals surface area contributed by atoms with Gasteiger partial charge in [-0.3, -0.25) is 0 Å². The molecular weight excluding hydrogens is 236 g/mol. The van der Waals surface area contributed by atoms with Crippen LogP contribution in [0.3, 0.4) is 0 Å². The molecule has 1 aliphatic rings. The molecule has 0 saturated carbocycles. The maximum atomic E-state index is 10.3. The SMILES string of the molecule is CC(C)CN1CCC(NCC(C)(O)CC(C)C)CC1. The van der Waals surface area contributed by atoms with Crippen molar-refractivity contribution < 1.29 is 5.11 Å². The van der Waals surface area contributed by atoms with E-state index in [0.717, 1.165) is 18.9 Å². The highest BCUT2D eigenvalue weighted by atomic mass is 16.3. The molecular formula is C16H34N2O. The molecule has 3 nitrogen and oxygen atoms in total. The van der Waals surface area contributed by atoms with Crippen LogP contribution in [0.15, 0.2) is 0 Å². The van der Waals surface area contributed by atoms with Crippen LogP contribution in [-0.4, -0.2) is 47.8 Å². The van der Waals surface area contributed by atoms with Gasteiger partial charge in [-0.1, -0.05) is 27.7 Å². The zero-order valence-corrected chi connectivity index (χ0v) is 13.6. The van der Waals surface area contributed by atoms with Crippen molar-refractivity contribution in [1.82, 2.24) is 10.2 Å². The largest absolute Gasteiger partial charge is 0.389 e. The van der Waals surface area contributed by atoms with Gasteiger partial charge < -0.3 is 15.3 Å². The van der Waals surface area contributed by atoms with Gasteiger partial charge in [0.2, 0.25) is 0 Å². The molecule has 0 aromatic heterocycles. The van der Waals surface area contributed by atoms with Crippen LogP contribution in [0.1, 0.15) is 53.9 Å². The smallest absolute Gasteiger partial charge is 0.0746 e. The molecule has 1 heterocycles. The minimum atomic E-state index is -0.566. The highest BCUT2D eigenvalue weighted by molar-refractivity contribution is 4.83. The minimum absolute atomic E-state index is 0.546. The lowest BCUT2D eigenvalue weighted by Gasteiger charge is -2.35. The third-order valence-corrected chi connectivity index (χ3v) is 3.83. The summed E-state index contributed by atoms with van der Waals surface area (Å²) in [5, 5.41) is 13.9. The molecule has 1 aliphatic heterocycles. The first-order chi connectivity index (χ1) is 8.78. The van der Waals surface area contributed by atoms with Gasteiger partial charge in [0.05, 0.1) is 5.60 Å². The lowest BCUT2D eigenvalue weighted by Crippen LogP contribution is -2.48. The number of nitrogens with zero attached hydrogens (tertiary/aromatic N) is 1. The fourth-order valence-electron chi connectivity index (χ4n) is 3.15. The van der Waals surface area contributed by atoms with E-state index in [1.165, 1.54) is 32.5 Å². The summed E-state index contributed by atoms with van der Waals surface area (Å²) in [7, 11) is 0. The van der Waals surface area contributed by atoms with Crippen LogP contribution >= 0.6 is 0 Å². The summed E-state index contributed by atoms with van der Waals surface area (Å²) in [6.07, 6.45) is 3.29. The monoisotopic (exact) mass is 270 g/mol. The Morgan fingerprint density at radius 3 is 2.21 bits per heavy atom. The lowest BCUT2D eigenvalue weighted by molar-refractivity contribution is 0.0329. The quantitative estimate of drug-likeness (QED) is 0.746. The lowest BCUT2D eigenvalue weighted by atomic mass is 9.93. The molecule has 0 amide bonds. The zero-order chi connectivity index (χ0) is 14.5. The van der Waals surface area contributed by atoms with E-state index in [0.29, 0.717) is 12.0 Å². The number of nitrogens with one attached hydrogen (secondary N) is 1. The number of aliphatic hydroxyl groups is 1. The Morgan fingerprint density at radius 1 is 1.16 bits per heavy atom. The standard InChI is InChI=1S/C16H34N2O/c1-13(2)10-16(5,19)12-17-15-6-8-18(9-7-15)11-14(3)4/h13-15,17,19H,6-12H2,1-5H3. The van der Waals surface area contributed by atoms with Crippen LogP contribution in [0.2, 0.25) is 0 Å². The number of rotatable bonds is 7. The Hall–Kier alpha value is -0.120. The van der Waals surface area contributed by atoms with Crippen LogP contribution < -0.4 is 5.32 Å². The highest BCUT2D eigenvalue weighted by Gasteiger charge is 2.25. The first kappa shape index (κ1) is 16.9. The number of hydrogen-bond acceptors (Lipinski definition) is 3. The van der Waals surface area contributed by atoms with E-state index < -0.39 is 5.60 Å². The fraction of sp³-hybridized carbons (Fsp3) is 1.00. The van der Waals surface area contributed by atoms with E-state index in [2.05, 4.69) is 37.9 Å². The molecule has 0 aliphatic carbocycles. The summed E-state index contributed by atoms with van der Waals surface area (Å²) in [6, 6.07) is 0.585. The molecule has 0 bridgehead atoms. The number of hydrogen-bond donors (Lipinski definition) is 2. The molecule has 1 rings (SSSR count). The molecule has 0 spiro atoms. The van der Waals surface area contributed by atoms with Gasteiger partial charge in [-0.05, 0) is 51.1 Å². The van der Waals surface area contributed by atoms with E-state index in [-0.39, 0.29) is 0 Å². The van der Waals surface area contributed by atoms with Gasteiger partial charge in [0.25, 0.3) is 0 Å². The zero-order valence-electron chi connectivity index (χ0n) is 13.6. The van der Waals surface area contributed by atoms with Gasteiger partial charge in [0.1, 0.15) is 0 Å². The molecule has 19 heavy (non-hydrogen) atoms. The molecule has 1 fully saturated rings. The Bertz CT molecular complexity index is 243. The van der Waals surface area contributed by atoms with Crippen molar-refractivity contribution in [3.63, 3.8) is 0 Å². The van der Waals surface area contributed by atoms with E-state index in [1.54, 1.807) is 0 Å². The van der Waals surface area contributed by atoms with Crippen LogP contribution in [0.25, 0.3) is 0 Å². The van der Waals surface area contributed by atoms with Crippen molar-refractivity contribution in [3.05, 3.63) is 0 Å². The molecule has 1 atom stereocenters. The van der Waals surface area contributed by atoms with Gasteiger partial charge in [-0.15, -0.1) is 0 Å². The van der Waals surface area contributed by atoms with Crippen LogP contribution in [0.5, 0.6) is 0 Å². The van der Waals surface area contributed by atoms with E-state index in [9.17, 15) is 5.11 Å². The summed E-state index contributed by atoms with van der Waals surface area (Å²) >= 11 is 0. The van der Waals surface area contributed by atoms with Crippen molar-refractivity contribution in [2.45, 2.75) is 65.5 Å². The summed E-state index contributed by atoms with van der Waals surface area (Å²) < 4.78 is 0. The Morgan fingerprint density at radius 2 is 1.74 bits per heavy atom. The molecule has 1 saturated heterocycles. The first-order valence-electron chi connectivity index (χ1n) is 7.96. The Balaban J connectivity index is 2.22.